The fourth-order valence-electron chi connectivity index (χ4n) is 0.250. The fraction of sp³-hybridized carbons (Fsp3) is 0.714. The normalized spacial score (nSPS) is 6.46. The molecule has 0 saturated carbocycles. The van der Waals surface area contributed by atoms with E-state index in [1.54, 1.807) is 28.2 Å². The minimum absolute atomic E-state index is 0. The Labute approximate surface area is 85.7 Å². The number of carbonyl (C=O) groups is 1. The van der Waals surface area contributed by atoms with E-state index in [-0.39, 0.29) is 13.5 Å². The van der Waals surface area contributed by atoms with Crippen LogP contribution in [0, 0.1) is 0 Å². The molecule has 0 aliphatic rings. The molecule has 6 heteroatoms. The fourth-order valence-corrected chi connectivity index (χ4v) is 0.250. The van der Waals surface area contributed by atoms with Crippen molar-refractivity contribution in [2.75, 3.05) is 28.2 Å². The Hall–Kier alpha value is -1.04. The summed E-state index contributed by atoms with van der Waals surface area (Å²) < 4.78 is 0. The number of carbonyl (C=O) groups excluding carboxylic acids is 1. The zero-order valence-corrected chi connectivity index (χ0v) is 8.63. The topological polar surface area (TPSA) is 65.2 Å². The summed E-state index contributed by atoms with van der Waals surface area (Å²) in [6.45, 7) is 0. The monoisotopic (exact) mass is 208 g/mol. The number of amides is 2. The van der Waals surface area contributed by atoms with Gasteiger partial charge < -0.3 is 21.3 Å². The molecule has 0 aromatic heterocycles. The van der Waals surface area contributed by atoms with Crippen LogP contribution in [0.1, 0.15) is 7.43 Å². The van der Waals surface area contributed by atoms with Crippen LogP contribution in [0.2, 0.25) is 0 Å². The van der Waals surface area contributed by atoms with E-state index in [1.807, 2.05) is 0 Å². The highest BCUT2D eigenvalue weighted by Crippen LogP contribution is 1.52. The van der Waals surface area contributed by atoms with Gasteiger partial charge in [0.2, 0.25) is 0 Å². The molecular weight excluding hydrogens is 188 g/mol. The van der Waals surface area contributed by atoms with Crippen LogP contribution >= 0.6 is 12.2 Å². The maximum absolute atomic E-state index is 9.96. The van der Waals surface area contributed by atoms with Gasteiger partial charge in [0, 0.05) is 28.2 Å². The SMILES string of the molecule is C.CNC(=O)NC.CNC(=S)NC. The number of rotatable bonds is 0. The maximum Gasteiger partial charge on any atom is 0.314 e. The maximum atomic E-state index is 9.96. The highest BCUT2D eigenvalue weighted by Gasteiger charge is 1.81. The lowest BCUT2D eigenvalue weighted by Gasteiger charge is -1.95. The first-order chi connectivity index (χ1) is 5.62. The van der Waals surface area contributed by atoms with Gasteiger partial charge in [0.15, 0.2) is 5.11 Å². The van der Waals surface area contributed by atoms with Crippen molar-refractivity contribution in [1.82, 2.24) is 21.3 Å². The number of hydrogen-bond donors (Lipinski definition) is 4. The summed E-state index contributed by atoms with van der Waals surface area (Å²) in [6.07, 6.45) is 0. The molecule has 0 aromatic rings. The second-order valence-corrected chi connectivity index (χ2v) is 2.07. The van der Waals surface area contributed by atoms with Gasteiger partial charge in [0.1, 0.15) is 0 Å². The highest BCUT2D eigenvalue weighted by molar-refractivity contribution is 7.80. The van der Waals surface area contributed by atoms with E-state index in [2.05, 4.69) is 33.5 Å². The molecule has 0 saturated heterocycles. The summed E-state index contributed by atoms with van der Waals surface area (Å²) in [5.41, 5.74) is 0. The van der Waals surface area contributed by atoms with Crippen LogP contribution in [-0.2, 0) is 0 Å². The van der Waals surface area contributed by atoms with Gasteiger partial charge in [-0.2, -0.15) is 0 Å². The lowest BCUT2D eigenvalue weighted by molar-refractivity contribution is 0.245. The molecule has 0 fully saturated rings. The van der Waals surface area contributed by atoms with Crippen molar-refractivity contribution in [2.45, 2.75) is 7.43 Å². The summed E-state index contributed by atoms with van der Waals surface area (Å²) >= 11 is 4.63. The standard InChI is InChI=1S/C3H8N2O.C3H8N2S.CH4/c2*1-4-3(6)5-2;/h2*1-2H3,(H2,4,5,6);1H4. The highest BCUT2D eigenvalue weighted by atomic mass is 32.1. The molecule has 2 amide bonds. The third kappa shape index (κ3) is 18.2. The number of urea groups is 1. The third-order valence-electron chi connectivity index (χ3n) is 0.908. The van der Waals surface area contributed by atoms with Crippen LogP contribution in [0.5, 0.6) is 0 Å². The molecule has 0 bridgehead atoms. The van der Waals surface area contributed by atoms with Crippen LogP contribution in [0.15, 0.2) is 0 Å². The zero-order valence-electron chi connectivity index (χ0n) is 7.82. The molecule has 0 spiro atoms. The van der Waals surface area contributed by atoms with E-state index in [9.17, 15) is 4.79 Å². The van der Waals surface area contributed by atoms with Gasteiger partial charge >= 0.3 is 6.03 Å². The van der Waals surface area contributed by atoms with Gasteiger partial charge in [-0.05, 0) is 12.2 Å². The number of thiocarbonyl (C=S) groups is 1. The van der Waals surface area contributed by atoms with Gasteiger partial charge in [0.05, 0.1) is 0 Å². The van der Waals surface area contributed by atoms with Crippen molar-refractivity contribution < 1.29 is 4.79 Å². The summed E-state index contributed by atoms with van der Waals surface area (Å²) in [5, 5.41) is 10.9. The number of nitrogens with one attached hydrogen (secondary N) is 4. The van der Waals surface area contributed by atoms with E-state index in [0.717, 1.165) is 0 Å². The summed E-state index contributed by atoms with van der Waals surface area (Å²) in [6, 6.07) is -0.157. The van der Waals surface area contributed by atoms with E-state index >= 15 is 0 Å². The first-order valence-corrected chi connectivity index (χ1v) is 3.82. The Morgan fingerprint density at radius 3 is 1.23 bits per heavy atom. The molecule has 0 radical (unpaired) electrons. The van der Waals surface area contributed by atoms with Gasteiger partial charge in [-0.3, -0.25) is 0 Å². The Kier molecular flexibility index (Phi) is 18.6. The quantitative estimate of drug-likeness (QED) is 0.420. The molecule has 0 heterocycles. The van der Waals surface area contributed by atoms with Crippen LogP contribution in [-0.4, -0.2) is 39.3 Å². The van der Waals surface area contributed by atoms with E-state index in [1.165, 1.54) is 0 Å². The largest absolute Gasteiger partial charge is 0.366 e. The van der Waals surface area contributed by atoms with Gasteiger partial charge in [-0.1, -0.05) is 7.43 Å². The Morgan fingerprint density at radius 2 is 1.23 bits per heavy atom. The predicted octanol–water partition coefficient (Wildman–Crippen LogP) is -0.109. The minimum atomic E-state index is -0.157. The Morgan fingerprint density at radius 1 is 0.923 bits per heavy atom. The minimum Gasteiger partial charge on any atom is -0.366 e. The molecule has 0 aromatic carbocycles. The molecule has 0 unspecified atom stereocenters. The lowest BCUT2D eigenvalue weighted by atomic mass is 11.0. The van der Waals surface area contributed by atoms with Gasteiger partial charge in [0.25, 0.3) is 0 Å². The smallest absolute Gasteiger partial charge is 0.314 e. The molecule has 0 atom stereocenters. The van der Waals surface area contributed by atoms with Gasteiger partial charge in [-0.25, -0.2) is 4.79 Å². The Balaban J connectivity index is -0.000000143. The summed E-state index contributed by atoms with van der Waals surface area (Å²) in [7, 11) is 6.69. The number of hydrogen-bond acceptors (Lipinski definition) is 2. The molecule has 0 aliphatic carbocycles. The van der Waals surface area contributed by atoms with Crippen molar-refractivity contribution in [3.05, 3.63) is 0 Å². The molecule has 0 rings (SSSR count). The zero-order chi connectivity index (χ0) is 9.98. The molecule has 13 heavy (non-hydrogen) atoms. The first-order valence-electron chi connectivity index (χ1n) is 3.41. The van der Waals surface area contributed by atoms with Crippen LogP contribution in [0.4, 0.5) is 4.79 Å². The van der Waals surface area contributed by atoms with E-state index < -0.39 is 0 Å². The molecule has 0 aliphatic heterocycles. The van der Waals surface area contributed by atoms with Crippen LogP contribution in [0.25, 0.3) is 0 Å². The average molecular weight is 208 g/mol. The molecule has 80 valence electrons. The second-order valence-electron chi connectivity index (χ2n) is 1.66. The summed E-state index contributed by atoms with van der Waals surface area (Å²) in [5.74, 6) is 0. The second kappa shape index (κ2) is 13.5. The van der Waals surface area contributed by atoms with Crippen molar-refractivity contribution >= 4 is 23.4 Å². The van der Waals surface area contributed by atoms with Crippen LogP contribution < -0.4 is 21.3 Å². The molecular formula is C7H20N4OS. The van der Waals surface area contributed by atoms with E-state index in [4.69, 9.17) is 0 Å². The lowest BCUT2D eigenvalue weighted by Crippen LogP contribution is -2.28. The third-order valence-corrected chi connectivity index (χ3v) is 1.32. The van der Waals surface area contributed by atoms with Crippen molar-refractivity contribution in [1.29, 1.82) is 0 Å². The molecule has 4 N–H and O–H groups in total. The average Bonchev–Trinajstić information content (AvgIpc) is 2.16. The Bertz CT molecular complexity index is 112. The van der Waals surface area contributed by atoms with Crippen molar-refractivity contribution in [3.8, 4) is 0 Å². The van der Waals surface area contributed by atoms with Crippen molar-refractivity contribution in [3.63, 3.8) is 0 Å². The molecule has 5 nitrogen and oxygen atoms in total. The first kappa shape index (κ1) is 17.9. The van der Waals surface area contributed by atoms with Crippen molar-refractivity contribution in [2.24, 2.45) is 0 Å². The predicted molar refractivity (Wildman–Crippen MR) is 61.0 cm³/mol. The van der Waals surface area contributed by atoms with E-state index in [0.29, 0.717) is 5.11 Å². The van der Waals surface area contributed by atoms with Gasteiger partial charge in [-0.15, -0.1) is 0 Å². The van der Waals surface area contributed by atoms with Crippen LogP contribution in [0.3, 0.4) is 0 Å². The summed E-state index contributed by atoms with van der Waals surface area (Å²) in [4.78, 5) is 9.96.